The standard InChI is InChI=1S/C18H25N3O4/c22-11-10-19(15-4-2-1-3-5-15)13-18(23)20-9-8-14-12-16(21(24)25)6-7-17(14)20/h6-7,12,15,22H,1-5,8-11,13H2. The number of amides is 1. The SMILES string of the molecule is O=C(CN(CCO)C1CCCCC1)N1CCc2cc([N+](=O)[O-])ccc21. The quantitative estimate of drug-likeness (QED) is 0.629. The second kappa shape index (κ2) is 7.93. The fourth-order valence-corrected chi connectivity index (χ4v) is 3.99. The Hall–Kier alpha value is -1.99. The average molecular weight is 347 g/mol. The fourth-order valence-electron chi connectivity index (χ4n) is 3.99. The first-order chi connectivity index (χ1) is 12.1. The molecule has 1 saturated carbocycles. The molecule has 0 unspecified atom stereocenters. The maximum absolute atomic E-state index is 12.8. The lowest BCUT2D eigenvalue weighted by Crippen LogP contribution is -2.46. The molecule has 1 aliphatic heterocycles. The minimum atomic E-state index is -0.406. The Kier molecular flexibility index (Phi) is 5.65. The number of rotatable bonds is 6. The predicted molar refractivity (Wildman–Crippen MR) is 94.7 cm³/mol. The molecule has 0 radical (unpaired) electrons. The van der Waals surface area contributed by atoms with Gasteiger partial charge < -0.3 is 10.0 Å². The van der Waals surface area contributed by atoms with Crippen LogP contribution >= 0.6 is 0 Å². The van der Waals surface area contributed by atoms with Crippen molar-refractivity contribution >= 4 is 17.3 Å². The Morgan fingerprint density at radius 3 is 2.76 bits per heavy atom. The Labute approximate surface area is 147 Å². The van der Waals surface area contributed by atoms with Crippen LogP contribution in [0.3, 0.4) is 0 Å². The van der Waals surface area contributed by atoms with Gasteiger partial charge in [-0.15, -0.1) is 0 Å². The molecule has 7 nitrogen and oxygen atoms in total. The number of non-ortho nitro benzene ring substituents is 1. The summed E-state index contributed by atoms with van der Waals surface area (Å²) in [7, 11) is 0. The van der Waals surface area contributed by atoms with Crippen molar-refractivity contribution in [3.8, 4) is 0 Å². The number of fused-ring (bicyclic) bond motifs is 1. The van der Waals surface area contributed by atoms with Crippen LogP contribution < -0.4 is 4.90 Å². The van der Waals surface area contributed by atoms with Crippen molar-refractivity contribution in [3.63, 3.8) is 0 Å². The molecule has 1 aliphatic carbocycles. The molecule has 3 rings (SSSR count). The molecule has 0 bridgehead atoms. The topological polar surface area (TPSA) is 86.9 Å². The molecule has 1 amide bonds. The highest BCUT2D eigenvalue weighted by Gasteiger charge is 2.29. The molecule has 1 heterocycles. The number of aliphatic hydroxyl groups excluding tert-OH is 1. The largest absolute Gasteiger partial charge is 0.395 e. The predicted octanol–water partition coefficient (Wildman–Crippen LogP) is 2.11. The van der Waals surface area contributed by atoms with Crippen molar-refractivity contribution in [1.82, 2.24) is 4.90 Å². The summed E-state index contributed by atoms with van der Waals surface area (Å²) in [5.41, 5.74) is 1.70. The highest BCUT2D eigenvalue weighted by molar-refractivity contribution is 5.97. The van der Waals surface area contributed by atoms with E-state index in [0.717, 1.165) is 24.1 Å². The van der Waals surface area contributed by atoms with Gasteiger partial charge in [0.25, 0.3) is 5.69 Å². The van der Waals surface area contributed by atoms with E-state index in [1.165, 1.54) is 25.3 Å². The lowest BCUT2D eigenvalue weighted by atomic mass is 9.94. The number of benzene rings is 1. The van der Waals surface area contributed by atoms with Gasteiger partial charge in [-0.1, -0.05) is 19.3 Å². The second-order valence-electron chi connectivity index (χ2n) is 6.85. The minimum Gasteiger partial charge on any atom is -0.395 e. The summed E-state index contributed by atoms with van der Waals surface area (Å²) in [6, 6.07) is 5.06. The number of anilines is 1. The molecule has 136 valence electrons. The van der Waals surface area contributed by atoms with Crippen molar-refractivity contribution in [2.75, 3.05) is 31.1 Å². The van der Waals surface area contributed by atoms with E-state index in [-0.39, 0.29) is 18.2 Å². The third-order valence-corrected chi connectivity index (χ3v) is 5.29. The Balaban J connectivity index is 1.70. The molecule has 1 fully saturated rings. The Morgan fingerprint density at radius 2 is 2.08 bits per heavy atom. The fraction of sp³-hybridized carbons (Fsp3) is 0.611. The van der Waals surface area contributed by atoms with Crippen molar-refractivity contribution in [3.05, 3.63) is 33.9 Å². The van der Waals surface area contributed by atoms with Crippen molar-refractivity contribution in [2.24, 2.45) is 0 Å². The summed E-state index contributed by atoms with van der Waals surface area (Å²) in [5.74, 6) is 0.00614. The van der Waals surface area contributed by atoms with Crippen LogP contribution in [0.15, 0.2) is 18.2 Å². The maximum atomic E-state index is 12.8. The third kappa shape index (κ3) is 3.99. The molecule has 0 atom stereocenters. The zero-order valence-electron chi connectivity index (χ0n) is 14.4. The van der Waals surface area contributed by atoms with Crippen molar-refractivity contribution in [1.29, 1.82) is 0 Å². The molecule has 1 aromatic rings. The van der Waals surface area contributed by atoms with Gasteiger partial charge in [0.1, 0.15) is 0 Å². The third-order valence-electron chi connectivity index (χ3n) is 5.29. The molecule has 0 spiro atoms. The lowest BCUT2D eigenvalue weighted by molar-refractivity contribution is -0.384. The average Bonchev–Trinajstić information content (AvgIpc) is 3.05. The molecular formula is C18H25N3O4. The van der Waals surface area contributed by atoms with Crippen LogP contribution in [0.5, 0.6) is 0 Å². The number of nitro benzene ring substituents is 1. The number of carbonyl (C=O) groups excluding carboxylic acids is 1. The highest BCUT2D eigenvalue weighted by Crippen LogP contribution is 2.31. The first-order valence-corrected chi connectivity index (χ1v) is 9.02. The number of hydrogen-bond acceptors (Lipinski definition) is 5. The maximum Gasteiger partial charge on any atom is 0.269 e. The van der Waals surface area contributed by atoms with Gasteiger partial charge in [-0.3, -0.25) is 19.8 Å². The molecule has 0 aromatic heterocycles. The summed E-state index contributed by atoms with van der Waals surface area (Å²) in [4.78, 5) is 27.2. The number of hydrogen-bond donors (Lipinski definition) is 1. The van der Waals surface area contributed by atoms with Gasteiger partial charge in [-0.2, -0.15) is 0 Å². The zero-order chi connectivity index (χ0) is 17.8. The van der Waals surface area contributed by atoms with Gasteiger partial charge in [0, 0.05) is 37.0 Å². The lowest BCUT2D eigenvalue weighted by Gasteiger charge is -2.34. The van der Waals surface area contributed by atoms with Gasteiger partial charge in [0.05, 0.1) is 18.1 Å². The zero-order valence-corrected chi connectivity index (χ0v) is 14.4. The molecule has 25 heavy (non-hydrogen) atoms. The first-order valence-electron chi connectivity index (χ1n) is 9.02. The smallest absolute Gasteiger partial charge is 0.269 e. The molecule has 1 aromatic carbocycles. The van der Waals surface area contributed by atoms with E-state index in [1.54, 1.807) is 17.0 Å². The van der Waals surface area contributed by atoms with Crippen molar-refractivity contribution < 1.29 is 14.8 Å². The van der Waals surface area contributed by atoms with Gasteiger partial charge in [-0.05, 0) is 30.9 Å². The number of aliphatic hydroxyl groups is 1. The Morgan fingerprint density at radius 1 is 1.32 bits per heavy atom. The van der Waals surface area contributed by atoms with Crippen LogP contribution in [0, 0.1) is 10.1 Å². The van der Waals surface area contributed by atoms with Gasteiger partial charge in [-0.25, -0.2) is 0 Å². The first kappa shape index (κ1) is 17.8. The molecular weight excluding hydrogens is 322 g/mol. The van der Waals surface area contributed by atoms with Gasteiger partial charge in [0.2, 0.25) is 5.91 Å². The van der Waals surface area contributed by atoms with Crippen molar-refractivity contribution in [2.45, 2.75) is 44.6 Å². The monoisotopic (exact) mass is 347 g/mol. The molecule has 2 aliphatic rings. The van der Waals surface area contributed by atoms with E-state index in [9.17, 15) is 20.0 Å². The molecule has 7 heteroatoms. The number of nitro groups is 1. The Bertz CT molecular complexity index is 643. The van der Waals surface area contributed by atoms with Crippen LogP contribution in [0.25, 0.3) is 0 Å². The van der Waals surface area contributed by atoms with Crippen LogP contribution in [0.4, 0.5) is 11.4 Å². The second-order valence-corrected chi connectivity index (χ2v) is 6.85. The van der Waals surface area contributed by atoms with E-state index in [4.69, 9.17) is 0 Å². The van der Waals surface area contributed by atoms with E-state index < -0.39 is 4.92 Å². The van der Waals surface area contributed by atoms with Crippen LogP contribution in [0.2, 0.25) is 0 Å². The highest BCUT2D eigenvalue weighted by atomic mass is 16.6. The van der Waals surface area contributed by atoms with E-state index >= 15 is 0 Å². The number of nitrogens with zero attached hydrogens (tertiary/aromatic N) is 3. The van der Waals surface area contributed by atoms with Crippen LogP contribution in [-0.4, -0.2) is 53.1 Å². The van der Waals surface area contributed by atoms with Gasteiger partial charge >= 0.3 is 0 Å². The summed E-state index contributed by atoms with van der Waals surface area (Å²) < 4.78 is 0. The summed E-state index contributed by atoms with van der Waals surface area (Å²) >= 11 is 0. The minimum absolute atomic E-state index is 0.00614. The molecule has 0 saturated heterocycles. The summed E-state index contributed by atoms with van der Waals surface area (Å²) in [5, 5.41) is 20.3. The summed E-state index contributed by atoms with van der Waals surface area (Å²) in [6.07, 6.45) is 6.40. The van der Waals surface area contributed by atoms with E-state index in [1.807, 2.05) is 0 Å². The van der Waals surface area contributed by atoms with E-state index in [2.05, 4.69) is 4.90 Å². The van der Waals surface area contributed by atoms with E-state index in [0.29, 0.717) is 32.1 Å². The molecule has 1 N–H and O–H groups in total. The van der Waals surface area contributed by atoms with Crippen LogP contribution in [0.1, 0.15) is 37.7 Å². The number of carbonyl (C=O) groups is 1. The van der Waals surface area contributed by atoms with Crippen LogP contribution in [-0.2, 0) is 11.2 Å². The summed E-state index contributed by atoms with van der Waals surface area (Å²) in [6.45, 7) is 1.42. The normalized spacial score (nSPS) is 17.8. The van der Waals surface area contributed by atoms with Gasteiger partial charge in [0.15, 0.2) is 0 Å².